The Labute approximate surface area is 107 Å². The minimum absolute atomic E-state index is 0.106. The number of carbonyl (C=O) groups is 1. The van der Waals surface area contributed by atoms with Crippen LogP contribution in [0.25, 0.3) is 0 Å². The lowest BCUT2D eigenvalue weighted by Crippen LogP contribution is -2.09. The lowest BCUT2D eigenvalue weighted by molar-refractivity contribution is 0.0969. The number of ether oxygens (including phenoxy) is 1. The second-order valence-corrected chi connectivity index (χ2v) is 4.47. The first kappa shape index (κ1) is 14.6. The quantitative estimate of drug-likeness (QED) is 0.760. The summed E-state index contributed by atoms with van der Waals surface area (Å²) in [6.45, 7) is 2.66. The molecule has 0 aliphatic carbocycles. The Balaban J connectivity index is 2.67. The Bertz CT molecular complexity index is 407. The number of hydrogen-bond donors (Lipinski definition) is 1. The minimum atomic E-state index is -0.573. The molecule has 0 radical (unpaired) electrons. The highest BCUT2D eigenvalue weighted by molar-refractivity contribution is 5.96. The molecule has 3 nitrogen and oxygen atoms in total. The number of hydrogen-bond acceptors (Lipinski definition) is 3. The zero-order chi connectivity index (χ0) is 13.5. The third-order valence-electron chi connectivity index (χ3n) is 3.01. The summed E-state index contributed by atoms with van der Waals surface area (Å²) >= 11 is 0. The fourth-order valence-electron chi connectivity index (χ4n) is 1.82. The Morgan fingerprint density at radius 2 is 2.17 bits per heavy atom. The standard InChI is InChI=1S/C14H20FNO2/c1-10(8-9-16)6-7-12(17)11-4-3-5-13(18-2)14(11)15/h3-5,10H,6-9,16H2,1-2H3. The van der Waals surface area contributed by atoms with Crippen LogP contribution >= 0.6 is 0 Å². The van der Waals surface area contributed by atoms with Gasteiger partial charge in [-0.2, -0.15) is 0 Å². The summed E-state index contributed by atoms with van der Waals surface area (Å²) in [6, 6.07) is 4.62. The summed E-state index contributed by atoms with van der Waals surface area (Å²) in [7, 11) is 1.38. The van der Waals surface area contributed by atoms with Crippen molar-refractivity contribution in [3.05, 3.63) is 29.6 Å². The van der Waals surface area contributed by atoms with E-state index >= 15 is 0 Å². The first-order chi connectivity index (χ1) is 8.60. The summed E-state index contributed by atoms with van der Waals surface area (Å²) in [4.78, 5) is 11.9. The van der Waals surface area contributed by atoms with Crippen LogP contribution in [0.15, 0.2) is 18.2 Å². The first-order valence-electron chi connectivity index (χ1n) is 6.16. The van der Waals surface area contributed by atoms with E-state index in [2.05, 4.69) is 0 Å². The highest BCUT2D eigenvalue weighted by Crippen LogP contribution is 2.22. The molecule has 1 aromatic rings. The molecule has 0 amide bonds. The second-order valence-electron chi connectivity index (χ2n) is 4.47. The third-order valence-corrected chi connectivity index (χ3v) is 3.01. The molecule has 0 fully saturated rings. The molecule has 0 saturated heterocycles. The van der Waals surface area contributed by atoms with E-state index in [1.807, 2.05) is 6.92 Å². The van der Waals surface area contributed by atoms with Crippen molar-refractivity contribution in [3.63, 3.8) is 0 Å². The maximum absolute atomic E-state index is 13.8. The maximum atomic E-state index is 13.8. The van der Waals surface area contributed by atoms with E-state index in [1.165, 1.54) is 19.2 Å². The number of rotatable bonds is 7. The van der Waals surface area contributed by atoms with Crippen LogP contribution < -0.4 is 10.5 Å². The first-order valence-corrected chi connectivity index (χ1v) is 6.16. The van der Waals surface area contributed by atoms with Crippen molar-refractivity contribution in [2.24, 2.45) is 11.7 Å². The summed E-state index contributed by atoms with van der Waals surface area (Å²) in [5.74, 6) is -0.268. The molecule has 100 valence electrons. The summed E-state index contributed by atoms with van der Waals surface area (Å²) in [6.07, 6.45) is 1.95. The van der Waals surface area contributed by atoms with Gasteiger partial charge in [0.2, 0.25) is 0 Å². The van der Waals surface area contributed by atoms with Crippen LogP contribution in [-0.4, -0.2) is 19.4 Å². The van der Waals surface area contributed by atoms with E-state index in [-0.39, 0.29) is 17.1 Å². The van der Waals surface area contributed by atoms with Gasteiger partial charge in [0.05, 0.1) is 12.7 Å². The molecular formula is C14H20FNO2. The van der Waals surface area contributed by atoms with Crippen molar-refractivity contribution in [1.82, 2.24) is 0 Å². The van der Waals surface area contributed by atoms with Crippen molar-refractivity contribution in [2.45, 2.75) is 26.2 Å². The van der Waals surface area contributed by atoms with E-state index in [4.69, 9.17) is 10.5 Å². The van der Waals surface area contributed by atoms with Crippen molar-refractivity contribution in [1.29, 1.82) is 0 Å². The predicted octanol–water partition coefficient (Wildman–Crippen LogP) is 2.78. The van der Waals surface area contributed by atoms with Crippen molar-refractivity contribution in [2.75, 3.05) is 13.7 Å². The number of Topliss-reactive ketones (excluding diaryl/α,β-unsaturated/α-hetero) is 1. The Morgan fingerprint density at radius 1 is 1.44 bits per heavy atom. The molecule has 1 aromatic carbocycles. The molecular weight excluding hydrogens is 233 g/mol. The van der Waals surface area contributed by atoms with Crippen LogP contribution in [0, 0.1) is 11.7 Å². The Morgan fingerprint density at radius 3 is 2.78 bits per heavy atom. The number of ketones is 1. The van der Waals surface area contributed by atoms with Gasteiger partial charge in [-0.25, -0.2) is 4.39 Å². The predicted molar refractivity (Wildman–Crippen MR) is 69.4 cm³/mol. The largest absolute Gasteiger partial charge is 0.494 e. The normalized spacial score (nSPS) is 12.2. The molecule has 0 aliphatic rings. The van der Waals surface area contributed by atoms with Gasteiger partial charge in [0.1, 0.15) is 0 Å². The number of nitrogens with two attached hydrogens (primary N) is 1. The molecule has 0 bridgehead atoms. The molecule has 0 heterocycles. The van der Waals surface area contributed by atoms with Crippen LogP contribution in [0.3, 0.4) is 0 Å². The van der Waals surface area contributed by atoms with E-state index in [0.29, 0.717) is 18.9 Å². The molecule has 4 heteroatoms. The van der Waals surface area contributed by atoms with Crippen LogP contribution in [0.1, 0.15) is 36.5 Å². The van der Waals surface area contributed by atoms with Crippen molar-refractivity contribution in [3.8, 4) is 5.75 Å². The lowest BCUT2D eigenvalue weighted by Gasteiger charge is -2.10. The number of methoxy groups -OCH3 is 1. The highest BCUT2D eigenvalue weighted by Gasteiger charge is 2.16. The topological polar surface area (TPSA) is 52.3 Å². The lowest BCUT2D eigenvalue weighted by atomic mass is 9.97. The van der Waals surface area contributed by atoms with Crippen molar-refractivity contribution < 1.29 is 13.9 Å². The van der Waals surface area contributed by atoms with E-state index in [1.54, 1.807) is 6.07 Å². The van der Waals surface area contributed by atoms with Crippen LogP contribution in [0.2, 0.25) is 0 Å². The fourth-order valence-corrected chi connectivity index (χ4v) is 1.82. The van der Waals surface area contributed by atoms with E-state index in [0.717, 1.165) is 12.8 Å². The molecule has 1 unspecified atom stereocenters. The molecule has 18 heavy (non-hydrogen) atoms. The zero-order valence-electron chi connectivity index (χ0n) is 10.9. The van der Waals surface area contributed by atoms with E-state index in [9.17, 15) is 9.18 Å². The monoisotopic (exact) mass is 253 g/mol. The number of benzene rings is 1. The van der Waals surface area contributed by atoms with Gasteiger partial charge in [0, 0.05) is 6.42 Å². The van der Waals surface area contributed by atoms with Crippen LogP contribution in [0.4, 0.5) is 4.39 Å². The summed E-state index contributed by atoms with van der Waals surface area (Å²) in [5, 5.41) is 0. The minimum Gasteiger partial charge on any atom is -0.494 e. The molecule has 2 N–H and O–H groups in total. The molecule has 0 aliphatic heterocycles. The average Bonchev–Trinajstić information content (AvgIpc) is 2.36. The highest BCUT2D eigenvalue weighted by atomic mass is 19.1. The molecule has 0 saturated carbocycles. The van der Waals surface area contributed by atoms with Gasteiger partial charge in [-0.3, -0.25) is 4.79 Å². The molecule has 0 aromatic heterocycles. The Hall–Kier alpha value is -1.42. The maximum Gasteiger partial charge on any atom is 0.175 e. The smallest absolute Gasteiger partial charge is 0.175 e. The van der Waals surface area contributed by atoms with Crippen LogP contribution in [-0.2, 0) is 0 Å². The number of carbonyl (C=O) groups excluding carboxylic acids is 1. The van der Waals surface area contributed by atoms with Gasteiger partial charge >= 0.3 is 0 Å². The van der Waals surface area contributed by atoms with Crippen molar-refractivity contribution >= 4 is 5.78 Å². The fraction of sp³-hybridized carbons (Fsp3) is 0.500. The second kappa shape index (κ2) is 7.11. The SMILES string of the molecule is COc1cccc(C(=O)CCC(C)CCN)c1F. The zero-order valence-corrected chi connectivity index (χ0v) is 10.9. The number of halogens is 1. The molecule has 0 spiro atoms. The average molecular weight is 253 g/mol. The summed E-state index contributed by atoms with van der Waals surface area (Å²) < 4.78 is 18.7. The summed E-state index contributed by atoms with van der Waals surface area (Å²) in [5.41, 5.74) is 5.55. The van der Waals surface area contributed by atoms with Gasteiger partial charge < -0.3 is 10.5 Å². The third kappa shape index (κ3) is 3.81. The van der Waals surface area contributed by atoms with Gasteiger partial charge in [0.25, 0.3) is 0 Å². The van der Waals surface area contributed by atoms with Crippen LogP contribution in [0.5, 0.6) is 5.75 Å². The van der Waals surface area contributed by atoms with Gasteiger partial charge in [-0.15, -0.1) is 0 Å². The van der Waals surface area contributed by atoms with E-state index < -0.39 is 5.82 Å². The molecule has 1 rings (SSSR count). The van der Waals surface area contributed by atoms with Gasteiger partial charge in [0.15, 0.2) is 17.3 Å². The Kier molecular flexibility index (Phi) is 5.78. The van der Waals surface area contributed by atoms with Gasteiger partial charge in [-0.1, -0.05) is 13.0 Å². The molecule has 1 atom stereocenters. The van der Waals surface area contributed by atoms with Gasteiger partial charge in [-0.05, 0) is 37.4 Å².